The van der Waals surface area contributed by atoms with Crippen LogP contribution in [0.1, 0.15) is 127 Å². The van der Waals surface area contributed by atoms with Gasteiger partial charge in [0.05, 0.1) is 6.10 Å². The average molecular weight is 574 g/mol. The Morgan fingerprint density at radius 1 is 1.05 bits per heavy atom. The van der Waals surface area contributed by atoms with Crippen LogP contribution in [0.4, 0.5) is 0 Å². The molecule has 0 spiro atoms. The van der Waals surface area contributed by atoms with Crippen LogP contribution >= 0.6 is 0 Å². The molecule has 3 fully saturated rings. The number of hydrogen-bond acceptors (Lipinski definition) is 5. The van der Waals surface area contributed by atoms with Crippen molar-refractivity contribution in [3.8, 4) is 0 Å². The molecule has 0 amide bonds. The van der Waals surface area contributed by atoms with Crippen LogP contribution in [0.15, 0.2) is 11.1 Å². The molecule has 0 bridgehead atoms. The lowest BCUT2D eigenvalue weighted by Gasteiger charge is -2.70. The second-order valence-electron chi connectivity index (χ2n) is 15.1. The monoisotopic (exact) mass is 573 g/mol. The number of methoxy groups -OCH3 is 1. The van der Waals surface area contributed by atoms with Gasteiger partial charge in [-0.15, -0.1) is 0 Å². The third-order valence-electron chi connectivity index (χ3n) is 13.3. The number of Topliss-reactive ketones (excluding diaryl/α,β-unsaturated/α-hetero) is 1. The Hall–Kier alpha value is -1.56. The summed E-state index contributed by atoms with van der Waals surface area (Å²) in [5, 5.41) is 11.7. The molecule has 0 aromatic heterocycles. The molecule has 0 aromatic rings. The number of nitrogens with zero attached hydrogens (tertiary/aromatic N) is 1. The molecule has 0 N–H and O–H groups in total. The highest BCUT2D eigenvalue weighted by molar-refractivity contribution is 6.00. The van der Waals surface area contributed by atoms with Gasteiger partial charge in [0, 0.05) is 29.8 Å². The summed E-state index contributed by atoms with van der Waals surface area (Å²) in [5.41, 5.74) is 2.68. The molecule has 0 aliphatic heterocycles. The van der Waals surface area contributed by atoms with Crippen LogP contribution in [0.2, 0.25) is 0 Å². The van der Waals surface area contributed by atoms with Gasteiger partial charge in [0.25, 0.3) is 0 Å². The highest BCUT2D eigenvalue weighted by Gasteiger charge is 2.68. The summed E-state index contributed by atoms with van der Waals surface area (Å²) in [6.07, 6.45) is 11.9. The van der Waals surface area contributed by atoms with Crippen molar-refractivity contribution in [3.05, 3.63) is 21.3 Å². The van der Waals surface area contributed by atoms with E-state index in [4.69, 9.17) is 9.53 Å². The Morgan fingerprint density at radius 2 is 1.68 bits per heavy atom. The van der Waals surface area contributed by atoms with Crippen LogP contribution in [-0.2, 0) is 14.3 Å². The van der Waals surface area contributed by atoms with Crippen LogP contribution in [0.3, 0.4) is 0 Å². The quantitative estimate of drug-likeness (QED) is 0.157. The van der Waals surface area contributed by atoms with Crippen molar-refractivity contribution in [1.82, 2.24) is 0 Å². The van der Waals surface area contributed by atoms with Gasteiger partial charge in [-0.25, -0.2) is 0 Å². The summed E-state index contributed by atoms with van der Waals surface area (Å²) in [6, 6.07) is 0. The Kier molecular flexibility index (Phi) is 10.4. The molecule has 6 nitrogen and oxygen atoms in total. The third kappa shape index (κ3) is 5.49. The van der Waals surface area contributed by atoms with Gasteiger partial charge < -0.3 is 9.53 Å². The molecule has 8 unspecified atom stereocenters. The van der Waals surface area contributed by atoms with Crippen molar-refractivity contribution in [2.24, 2.45) is 51.2 Å². The van der Waals surface area contributed by atoms with E-state index in [0.29, 0.717) is 18.3 Å². The van der Waals surface area contributed by atoms with E-state index in [1.165, 1.54) is 44.6 Å². The maximum Gasteiger partial charge on any atom is 0.207 e. The third-order valence-corrected chi connectivity index (χ3v) is 13.3. The number of carbonyl (C=O) groups is 2. The Morgan fingerprint density at radius 3 is 2.22 bits per heavy atom. The van der Waals surface area contributed by atoms with Gasteiger partial charge >= 0.3 is 0 Å². The van der Waals surface area contributed by atoms with Crippen molar-refractivity contribution >= 4 is 12.1 Å². The van der Waals surface area contributed by atoms with Crippen LogP contribution < -0.4 is 0 Å². The summed E-state index contributed by atoms with van der Waals surface area (Å²) in [4.78, 5) is 34.0. The first-order valence-corrected chi connectivity index (χ1v) is 16.5. The van der Waals surface area contributed by atoms with E-state index in [2.05, 4.69) is 55.4 Å². The van der Waals surface area contributed by atoms with Gasteiger partial charge in [-0.2, -0.15) is 0 Å². The van der Waals surface area contributed by atoms with E-state index in [1.807, 2.05) is 7.11 Å². The van der Waals surface area contributed by atoms with Crippen LogP contribution in [-0.4, -0.2) is 36.8 Å². The number of aldehydes is 1. The molecule has 3 saturated carbocycles. The molecule has 4 aliphatic rings. The van der Waals surface area contributed by atoms with E-state index in [9.17, 15) is 14.9 Å². The highest BCUT2D eigenvalue weighted by atomic mass is 16.6. The summed E-state index contributed by atoms with van der Waals surface area (Å²) < 4.78 is 5.69. The van der Waals surface area contributed by atoms with E-state index in [-0.39, 0.29) is 56.9 Å². The fourth-order valence-electron chi connectivity index (χ4n) is 10.8. The Labute approximate surface area is 250 Å². The first kappa shape index (κ1) is 33.9. The first-order chi connectivity index (χ1) is 19.1. The maximum atomic E-state index is 13.6. The van der Waals surface area contributed by atoms with Crippen LogP contribution in [0.5, 0.6) is 0 Å². The number of ketones is 1. The normalized spacial score (nSPS) is 39.7. The zero-order chi connectivity index (χ0) is 31.0. The van der Waals surface area contributed by atoms with Crippen molar-refractivity contribution in [2.45, 2.75) is 133 Å². The molecule has 234 valence electrons. The minimum Gasteiger partial charge on any atom is -0.382 e. The molecule has 0 heterocycles. The molecule has 0 aromatic carbocycles. The predicted octanol–water partition coefficient (Wildman–Crippen LogP) is 8.49. The summed E-state index contributed by atoms with van der Waals surface area (Å²) in [7, 11) is 1.83. The van der Waals surface area contributed by atoms with Crippen LogP contribution in [0, 0.1) is 61.4 Å². The number of nitro groups is 1. The molecule has 4 aliphatic carbocycles. The second-order valence-corrected chi connectivity index (χ2v) is 15.1. The van der Waals surface area contributed by atoms with Crippen LogP contribution in [0.25, 0.3) is 0 Å². The van der Waals surface area contributed by atoms with Gasteiger partial charge in [0.2, 0.25) is 6.54 Å². The molecule has 0 saturated heterocycles. The molecule has 9 atom stereocenters. The second kappa shape index (κ2) is 12.6. The maximum absolute atomic E-state index is 13.6. The lowest BCUT2D eigenvalue weighted by Crippen LogP contribution is -2.62. The smallest absolute Gasteiger partial charge is 0.207 e. The Balaban J connectivity index is 0.00000147. The number of fused-ring (bicyclic) bond motifs is 5. The summed E-state index contributed by atoms with van der Waals surface area (Å²) in [5.74, 6) is 2.09. The zero-order valence-corrected chi connectivity index (χ0v) is 27.8. The topological polar surface area (TPSA) is 86.5 Å². The minimum atomic E-state index is -0.324. The molecule has 6 heteroatoms. The van der Waals surface area contributed by atoms with E-state index < -0.39 is 0 Å². The summed E-state index contributed by atoms with van der Waals surface area (Å²) in [6.45, 7) is 20.1. The number of rotatable bonds is 9. The number of allylic oxidation sites excluding steroid dienone is 2. The average Bonchev–Trinajstić information content (AvgIpc) is 3.21. The lowest BCUT2D eigenvalue weighted by atomic mass is 9.34. The van der Waals surface area contributed by atoms with Crippen molar-refractivity contribution in [1.29, 1.82) is 0 Å². The fourth-order valence-corrected chi connectivity index (χ4v) is 10.8. The van der Waals surface area contributed by atoms with Gasteiger partial charge in [0.1, 0.15) is 6.29 Å². The first-order valence-electron chi connectivity index (χ1n) is 16.5. The number of ether oxygens (including phenoxy) is 1. The Bertz CT molecular complexity index is 1020. The predicted molar refractivity (Wildman–Crippen MR) is 165 cm³/mol. The van der Waals surface area contributed by atoms with Crippen molar-refractivity contribution in [2.75, 3.05) is 13.7 Å². The zero-order valence-electron chi connectivity index (χ0n) is 27.8. The molecular formula is C35H59NO5. The number of hydrogen-bond donors (Lipinski definition) is 0. The molecule has 0 radical (unpaired) electrons. The van der Waals surface area contributed by atoms with Crippen molar-refractivity contribution < 1.29 is 19.2 Å². The minimum absolute atomic E-state index is 0.0422. The number of carbonyl (C=O) groups excluding carboxylic acids is 2. The van der Waals surface area contributed by atoms with Gasteiger partial charge in [0.15, 0.2) is 5.78 Å². The van der Waals surface area contributed by atoms with Gasteiger partial charge in [-0.05, 0) is 111 Å². The highest BCUT2D eigenvalue weighted by Crippen LogP contribution is 2.75. The standard InChI is InChI=1S/C33H55NO4.C2H4O/c1-10-24-14-16-32(8)27(30(24,6)15-13-23(5)38-9)12-11-25-29-28(21(2)3)26(35)19-33(29,18-17-31(25,32)7)22(4)20-34(36)37;1-2-3/h21-25,27H,10-20H2,1-9H3;2H,1H3/t22?,23?,24?,25?,27?,30?,31-,32?,33?;/m1./s1. The summed E-state index contributed by atoms with van der Waals surface area (Å²) >= 11 is 0. The molecule has 41 heavy (non-hydrogen) atoms. The van der Waals surface area contributed by atoms with Crippen molar-refractivity contribution in [3.63, 3.8) is 0 Å². The van der Waals surface area contributed by atoms with E-state index in [1.54, 1.807) is 0 Å². The fraction of sp³-hybridized carbons (Fsp3) is 0.886. The SMILES string of the molecule is CC=O.CCC1CCC2(C)C(CCC3C4=C(C(C)C)C(=O)CC4(C(C)C[N+](=O)[O-])CC[C@]32C)C1(C)CCC(C)OC. The van der Waals surface area contributed by atoms with Gasteiger partial charge in [-0.3, -0.25) is 14.9 Å². The van der Waals surface area contributed by atoms with E-state index in [0.717, 1.165) is 43.5 Å². The molecular weight excluding hydrogens is 514 g/mol. The van der Waals surface area contributed by atoms with E-state index >= 15 is 0 Å². The largest absolute Gasteiger partial charge is 0.382 e. The van der Waals surface area contributed by atoms with Gasteiger partial charge in [-0.1, -0.05) is 60.5 Å². The molecule has 4 rings (SSSR count). The lowest BCUT2D eigenvalue weighted by molar-refractivity contribution is -0.491.